The van der Waals surface area contributed by atoms with Gasteiger partial charge in [0.2, 0.25) is 0 Å². The van der Waals surface area contributed by atoms with Crippen molar-refractivity contribution < 1.29 is 0 Å². The third kappa shape index (κ3) is 1.99. The Labute approximate surface area is 98.7 Å². The van der Waals surface area contributed by atoms with E-state index in [1.807, 2.05) is 32.3 Å². The molecule has 16 heavy (non-hydrogen) atoms. The Morgan fingerprint density at radius 2 is 2.12 bits per heavy atom. The monoisotopic (exact) mass is 218 g/mol. The number of likely N-dealkylation sites (tertiary alicyclic amines) is 1. The van der Waals surface area contributed by atoms with E-state index in [9.17, 15) is 0 Å². The maximum absolute atomic E-state index is 4.20. The lowest BCUT2D eigenvalue weighted by Gasteiger charge is -2.16. The summed E-state index contributed by atoms with van der Waals surface area (Å²) >= 11 is 0. The first-order valence-electron chi connectivity index (χ1n) is 6.41. The molecule has 2 heteroatoms. The van der Waals surface area contributed by atoms with E-state index in [2.05, 4.69) is 23.0 Å². The van der Waals surface area contributed by atoms with Crippen LogP contribution >= 0.6 is 0 Å². The van der Waals surface area contributed by atoms with Gasteiger partial charge in [0.05, 0.1) is 0 Å². The van der Waals surface area contributed by atoms with E-state index in [1.54, 1.807) is 0 Å². The van der Waals surface area contributed by atoms with Crippen molar-refractivity contribution >= 4 is 0 Å². The summed E-state index contributed by atoms with van der Waals surface area (Å²) in [6, 6.07) is 4.26. The van der Waals surface area contributed by atoms with Gasteiger partial charge in [-0.1, -0.05) is 19.9 Å². The van der Waals surface area contributed by atoms with Gasteiger partial charge in [-0.25, -0.2) is 0 Å². The Hall–Kier alpha value is -0.890. The van der Waals surface area contributed by atoms with Gasteiger partial charge < -0.3 is 4.90 Å². The van der Waals surface area contributed by atoms with E-state index in [0.29, 0.717) is 5.54 Å². The minimum absolute atomic E-state index is 0.584. The number of likely N-dealkylation sites (N-methyl/N-ethyl adjacent to an activating group) is 1. The lowest BCUT2D eigenvalue weighted by atomic mass is 9.97. The normalized spacial score (nSPS) is 26.3. The second kappa shape index (κ2) is 4.54. The predicted octanol–water partition coefficient (Wildman–Crippen LogP) is 3.06. The third-order valence-corrected chi connectivity index (χ3v) is 3.91. The molecular weight excluding hydrogens is 196 g/mol. The first kappa shape index (κ1) is 11.6. The zero-order valence-corrected chi connectivity index (χ0v) is 10.6. The Bertz CT molecular complexity index is 330. The summed E-state index contributed by atoms with van der Waals surface area (Å²) in [5.41, 5.74) is 2.00. The summed E-state index contributed by atoms with van der Waals surface area (Å²) < 4.78 is 0. The molecule has 2 fully saturated rings. The standard InChI is InChI=1S/C12H16N2.C2H6/c1-14-9-11(7-12(14)4-5-12)10-3-2-6-13-8-10;1-2/h2-3,6,8,11H,4-5,7,9H2,1H3;1-2H3. The molecule has 1 saturated carbocycles. The molecule has 1 unspecified atom stereocenters. The van der Waals surface area contributed by atoms with Crippen molar-refractivity contribution in [3.05, 3.63) is 30.1 Å². The molecule has 1 aliphatic heterocycles. The zero-order chi connectivity index (χ0) is 11.6. The maximum Gasteiger partial charge on any atom is 0.0303 e. The van der Waals surface area contributed by atoms with Crippen LogP contribution in [0.15, 0.2) is 24.5 Å². The van der Waals surface area contributed by atoms with Crippen LogP contribution in [0.1, 0.15) is 44.6 Å². The van der Waals surface area contributed by atoms with Crippen LogP contribution in [0.2, 0.25) is 0 Å². The highest BCUT2D eigenvalue weighted by atomic mass is 15.2. The van der Waals surface area contributed by atoms with Gasteiger partial charge in [-0.3, -0.25) is 4.98 Å². The van der Waals surface area contributed by atoms with Gasteiger partial charge in [0, 0.05) is 24.5 Å². The van der Waals surface area contributed by atoms with E-state index in [1.165, 1.54) is 31.4 Å². The van der Waals surface area contributed by atoms with Crippen LogP contribution in [0.5, 0.6) is 0 Å². The molecule has 1 saturated heterocycles. The van der Waals surface area contributed by atoms with Crippen LogP contribution in [0, 0.1) is 0 Å². The van der Waals surface area contributed by atoms with Crippen molar-refractivity contribution in [1.82, 2.24) is 9.88 Å². The molecule has 2 aliphatic rings. The summed E-state index contributed by atoms with van der Waals surface area (Å²) in [5.74, 6) is 0.719. The first-order chi connectivity index (χ1) is 7.80. The summed E-state index contributed by atoms with van der Waals surface area (Å²) in [4.78, 5) is 6.75. The van der Waals surface area contributed by atoms with Gasteiger partial charge in [-0.05, 0) is 43.9 Å². The predicted molar refractivity (Wildman–Crippen MR) is 67.5 cm³/mol. The van der Waals surface area contributed by atoms with E-state index in [-0.39, 0.29) is 0 Å². The number of pyridine rings is 1. The van der Waals surface area contributed by atoms with Crippen LogP contribution < -0.4 is 0 Å². The van der Waals surface area contributed by atoms with E-state index < -0.39 is 0 Å². The van der Waals surface area contributed by atoms with Crippen molar-refractivity contribution in [2.45, 2.75) is 44.6 Å². The molecule has 2 heterocycles. The summed E-state index contributed by atoms with van der Waals surface area (Å²) in [6.07, 6.45) is 8.03. The lowest BCUT2D eigenvalue weighted by molar-refractivity contribution is 0.291. The SMILES string of the molecule is CC.CN1CC(c2cccnc2)CC12CC2. The molecule has 1 aromatic heterocycles. The second-order valence-corrected chi connectivity index (χ2v) is 4.79. The molecule has 0 radical (unpaired) electrons. The number of hydrogen-bond donors (Lipinski definition) is 0. The van der Waals surface area contributed by atoms with Crippen molar-refractivity contribution in [1.29, 1.82) is 0 Å². The number of rotatable bonds is 1. The van der Waals surface area contributed by atoms with Gasteiger partial charge >= 0.3 is 0 Å². The van der Waals surface area contributed by atoms with Crippen LogP contribution in [-0.2, 0) is 0 Å². The van der Waals surface area contributed by atoms with Gasteiger partial charge in [-0.15, -0.1) is 0 Å². The van der Waals surface area contributed by atoms with Gasteiger partial charge in [-0.2, -0.15) is 0 Å². The highest BCUT2D eigenvalue weighted by molar-refractivity contribution is 5.22. The molecule has 0 amide bonds. The molecule has 0 bridgehead atoms. The number of nitrogens with zero attached hydrogens (tertiary/aromatic N) is 2. The smallest absolute Gasteiger partial charge is 0.0303 e. The second-order valence-electron chi connectivity index (χ2n) is 4.79. The third-order valence-electron chi connectivity index (χ3n) is 3.91. The van der Waals surface area contributed by atoms with Crippen LogP contribution in [0.4, 0.5) is 0 Å². The van der Waals surface area contributed by atoms with Crippen molar-refractivity contribution in [2.24, 2.45) is 0 Å². The quantitative estimate of drug-likeness (QED) is 0.720. The Morgan fingerprint density at radius 1 is 1.38 bits per heavy atom. The largest absolute Gasteiger partial charge is 0.300 e. The maximum atomic E-state index is 4.20. The first-order valence-corrected chi connectivity index (χ1v) is 6.41. The average Bonchev–Trinajstić information content (AvgIpc) is 3.05. The van der Waals surface area contributed by atoms with Crippen molar-refractivity contribution in [3.63, 3.8) is 0 Å². The minimum atomic E-state index is 0.584. The fraction of sp³-hybridized carbons (Fsp3) is 0.643. The van der Waals surface area contributed by atoms with Crippen LogP contribution in [0.25, 0.3) is 0 Å². The molecule has 88 valence electrons. The van der Waals surface area contributed by atoms with Gasteiger partial charge in [0.15, 0.2) is 0 Å². The summed E-state index contributed by atoms with van der Waals surface area (Å²) in [7, 11) is 2.27. The Balaban J connectivity index is 0.000000457. The topological polar surface area (TPSA) is 16.1 Å². The molecule has 0 aromatic carbocycles. The van der Waals surface area contributed by atoms with E-state index >= 15 is 0 Å². The zero-order valence-electron chi connectivity index (χ0n) is 10.6. The summed E-state index contributed by atoms with van der Waals surface area (Å²) in [5, 5.41) is 0. The fourth-order valence-electron chi connectivity index (χ4n) is 2.77. The van der Waals surface area contributed by atoms with Crippen LogP contribution in [-0.4, -0.2) is 29.0 Å². The minimum Gasteiger partial charge on any atom is -0.300 e. The molecule has 1 atom stereocenters. The summed E-state index contributed by atoms with van der Waals surface area (Å²) in [6.45, 7) is 5.21. The molecular formula is C14H22N2. The lowest BCUT2D eigenvalue weighted by Crippen LogP contribution is -2.26. The molecule has 3 rings (SSSR count). The van der Waals surface area contributed by atoms with Crippen molar-refractivity contribution in [3.8, 4) is 0 Å². The molecule has 1 aliphatic carbocycles. The molecule has 1 aromatic rings. The fourth-order valence-corrected chi connectivity index (χ4v) is 2.77. The Kier molecular flexibility index (Phi) is 3.29. The molecule has 1 spiro atoms. The van der Waals surface area contributed by atoms with Crippen LogP contribution in [0.3, 0.4) is 0 Å². The highest BCUT2D eigenvalue weighted by Gasteiger charge is 2.52. The average molecular weight is 218 g/mol. The van der Waals surface area contributed by atoms with Crippen molar-refractivity contribution in [2.75, 3.05) is 13.6 Å². The number of aromatic nitrogens is 1. The number of hydrogen-bond acceptors (Lipinski definition) is 2. The highest BCUT2D eigenvalue weighted by Crippen LogP contribution is 2.52. The molecule has 0 N–H and O–H groups in total. The molecule has 2 nitrogen and oxygen atoms in total. The van der Waals surface area contributed by atoms with E-state index in [0.717, 1.165) is 5.92 Å². The van der Waals surface area contributed by atoms with Gasteiger partial charge in [0.1, 0.15) is 0 Å². The Morgan fingerprint density at radius 3 is 2.62 bits per heavy atom. The van der Waals surface area contributed by atoms with E-state index in [4.69, 9.17) is 0 Å². The van der Waals surface area contributed by atoms with Gasteiger partial charge in [0.25, 0.3) is 0 Å².